The van der Waals surface area contributed by atoms with Crippen LogP contribution in [0.2, 0.25) is 0 Å². The summed E-state index contributed by atoms with van der Waals surface area (Å²) in [5.41, 5.74) is 2.78. The molecule has 9 heteroatoms. The van der Waals surface area contributed by atoms with Crippen molar-refractivity contribution < 1.29 is 4.79 Å². The second kappa shape index (κ2) is 17.5. The highest BCUT2D eigenvalue weighted by Gasteiger charge is 2.33. The molecule has 3 heterocycles. The van der Waals surface area contributed by atoms with Gasteiger partial charge < -0.3 is 4.90 Å². The number of unbranched alkanes of at least 4 members (excludes halogenated alkanes) is 10. The zero-order valence-corrected chi connectivity index (χ0v) is 30.3. The van der Waals surface area contributed by atoms with Gasteiger partial charge in [0.2, 0.25) is 0 Å². The number of allylic oxidation sites excluding steroid dienone is 2. The molecule has 0 fully saturated rings. The molecule has 1 aromatic carbocycles. The molecule has 8 nitrogen and oxygen atoms in total. The standard InChI is InChI=1S/C38H53N7OS/c1-7-9-11-13-15-20-24-44(25-21-16-14-12-10-8-2)37-42-33(29-22-18-17-19-23-29)35(47-37)41-32-28(3)30(27-39)36(46)45-34(32)40-31(43-45)26-38(4,5)6/h17-19,22-23H,7-16,20-21,24-26H2,1-6H3/b41-32-. The fourth-order valence-electron chi connectivity index (χ4n) is 5.88. The van der Waals surface area contributed by atoms with Gasteiger partial charge in [0.15, 0.2) is 16.8 Å². The van der Waals surface area contributed by atoms with Gasteiger partial charge in [-0.3, -0.25) is 4.79 Å². The van der Waals surface area contributed by atoms with E-state index in [4.69, 9.17) is 15.0 Å². The molecule has 47 heavy (non-hydrogen) atoms. The Morgan fingerprint density at radius 1 is 0.894 bits per heavy atom. The number of aromatic nitrogens is 4. The molecule has 0 atom stereocenters. The lowest BCUT2D eigenvalue weighted by Crippen LogP contribution is -2.28. The third-order valence-electron chi connectivity index (χ3n) is 8.49. The Balaban J connectivity index is 1.74. The first kappa shape index (κ1) is 36.2. The number of benzene rings is 1. The first-order valence-corrected chi connectivity index (χ1v) is 18.5. The molecule has 0 spiro atoms. The summed E-state index contributed by atoms with van der Waals surface area (Å²) >= 11 is 1.58. The molecule has 0 unspecified atom stereocenters. The molecule has 0 saturated heterocycles. The van der Waals surface area contributed by atoms with Crippen molar-refractivity contribution in [2.75, 3.05) is 18.0 Å². The van der Waals surface area contributed by atoms with Crippen molar-refractivity contribution in [3.63, 3.8) is 0 Å². The van der Waals surface area contributed by atoms with E-state index in [0.717, 1.165) is 47.3 Å². The average Bonchev–Trinajstić information content (AvgIpc) is 3.66. The van der Waals surface area contributed by atoms with Crippen molar-refractivity contribution in [3.8, 4) is 17.3 Å². The van der Waals surface area contributed by atoms with Crippen LogP contribution in [0, 0.1) is 16.7 Å². The molecular weight excluding hydrogens is 603 g/mol. The van der Waals surface area contributed by atoms with Gasteiger partial charge in [-0.2, -0.15) is 9.94 Å². The maximum absolute atomic E-state index is 13.3. The SMILES string of the molecule is CCCCCCCCN(CCCCCCCC)c1nc(-c2ccccc2)c(/N=C2/C(C)=C(C#N)C(=O)n3nc(CC(C)(C)C)nc32)s1. The molecule has 1 aliphatic heterocycles. The van der Waals surface area contributed by atoms with E-state index in [1.165, 1.54) is 68.9 Å². The molecule has 1 aliphatic rings. The molecule has 0 saturated carbocycles. The van der Waals surface area contributed by atoms with E-state index < -0.39 is 5.91 Å². The van der Waals surface area contributed by atoms with E-state index >= 15 is 0 Å². The molecule has 0 radical (unpaired) electrons. The van der Waals surface area contributed by atoms with Crippen molar-refractivity contribution in [2.24, 2.45) is 10.4 Å². The van der Waals surface area contributed by atoms with Crippen LogP contribution < -0.4 is 4.90 Å². The number of aliphatic imine (C=N–C) groups is 1. The monoisotopic (exact) mass is 655 g/mol. The minimum Gasteiger partial charge on any atom is -0.348 e. The molecule has 252 valence electrons. The van der Waals surface area contributed by atoms with E-state index in [0.29, 0.717) is 29.4 Å². The van der Waals surface area contributed by atoms with Gasteiger partial charge in [-0.15, -0.1) is 5.10 Å². The maximum atomic E-state index is 13.3. The van der Waals surface area contributed by atoms with Crippen LogP contribution in [0.25, 0.3) is 11.3 Å². The number of hydrogen-bond donors (Lipinski definition) is 0. The lowest BCUT2D eigenvalue weighted by atomic mass is 9.92. The quantitative estimate of drug-likeness (QED) is 0.126. The van der Waals surface area contributed by atoms with Crippen molar-refractivity contribution in [1.82, 2.24) is 19.7 Å². The number of anilines is 1. The molecule has 0 aliphatic carbocycles. The third kappa shape index (κ3) is 9.93. The minimum absolute atomic E-state index is 0.0437. The molecule has 3 aromatic rings. The maximum Gasteiger partial charge on any atom is 0.291 e. The van der Waals surface area contributed by atoms with Crippen LogP contribution in [-0.2, 0) is 6.42 Å². The number of rotatable bonds is 18. The van der Waals surface area contributed by atoms with Crippen molar-refractivity contribution in [1.29, 1.82) is 5.26 Å². The number of thiazole rings is 1. The largest absolute Gasteiger partial charge is 0.348 e. The minimum atomic E-state index is -0.455. The Bertz CT molecular complexity index is 1550. The van der Waals surface area contributed by atoms with Gasteiger partial charge in [0.05, 0.1) is 0 Å². The summed E-state index contributed by atoms with van der Waals surface area (Å²) in [5.74, 6) is 0.498. The summed E-state index contributed by atoms with van der Waals surface area (Å²) in [5, 5.41) is 16.2. The second-order valence-corrected chi connectivity index (χ2v) is 14.9. The van der Waals surface area contributed by atoms with E-state index in [2.05, 4.69) is 62.8 Å². The van der Waals surface area contributed by atoms with E-state index in [1.54, 1.807) is 18.3 Å². The summed E-state index contributed by atoms with van der Waals surface area (Å²) in [6, 6.07) is 12.3. The van der Waals surface area contributed by atoms with Gasteiger partial charge >= 0.3 is 0 Å². The highest BCUT2D eigenvalue weighted by Crippen LogP contribution is 2.41. The van der Waals surface area contributed by atoms with Gasteiger partial charge in [0.25, 0.3) is 5.91 Å². The van der Waals surface area contributed by atoms with E-state index in [-0.39, 0.29) is 11.0 Å². The third-order valence-corrected chi connectivity index (χ3v) is 9.50. The topological polar surface area (TPSA) is 100 Å². The fraction of sp³-hybridized carbons (Fsp3) is 0.579. The van der Waals surface area contributed by atoms with Crippen LogP contribution in [0.4, 0.5) is 10.1 Å². The Morgan fingerprint density at radius 3 is 2.06 bits per heavy atom. The number of nitriles is 1. The highest BCUT2D eigenvalue weighted by atomic mass is 32.1. The van der Waals surface area contributed by atoms with Crippen LogP contribution in [0.1, 0.15) is 135 Å². The number of carbonyl (C=O) groups excluding carboxylic acids is 1. The van der Waals surface area contributed by atoms with Crippen LogP contribution >= 0.6 is 11.3 Å². The molecule has 4 rings (SSSR count). The number of nitrogens with zero attached hydrogens (tertiary/aromatic N) is 7. The molecule has 0 bridgehead atoms. The van der Waals surface area contributed by atoms with Crippen LogP contribution in [0.5, 0.6) is 0 Å². The molecule has 2 aromatic heterocycles. The van der Waals surface area contributed by atoms with Crippen molar-refractivity contribution in [3.05, 3.63) is 53.1 Å². The molecular formula is C38H53N7OS. The van der Waals surface area contributed by atoms with Crippen LogP contribution in [-0.4, -0.2) is 44.5 Å². The Morgan fingerprint density at radius 2 is 1.49 bits per heavy atom. The first-order chi connectivity index (χ1) is 22.7. The summed E-state index contributed by atoms with van der Waals surface area (Å²) in [7, 11) is 0. The summed E-state index contributed by atoms with van der Waals surface area (Å²) in [6.07, 6.45) is 15.6. The van der Waals surface area contributed by atoms with Crippen molar-refractivity contribution in [2.45, 2.75) is 125 Å². The highest BCUT2D eigenvalue weighted by molar-refractivity contribution is 7.19. The Kier molecular flexibility index (Phi) is 13.5. The number of carbonyl (C=O) groups is 1. The normalized spacial score (nSPS) is 14.1. The predicted molar refractivity (Wildman–Crippen MR) is 195 cm³/mol. The average molecular weight is 656 g/mol. The van der Waals surface area contributed by atoms with Gasteiger partial charge in [-0.25, -0.2) is 15.0 Å². The molecule has 0 N–H and O–H groups in total. The summed E-state index contributed by atoms with van der Waals surface area (Å²) in [4.78, 5) is 31.0. The molecule has 0 amide bonds. The fourth-order valence-corrected chi connectivity index (χ4v) is 6.90. The van der Waals surface area contributed by atoms with Crippen LogP contribution in [0.15, 0.2) is 46.5 Å². The van der Waals surface area contributed by atoms with Crippen molar-refractivity contribution >= 4 is 33.1 Å². The smallest absolute Gasteiger partial charge is 0.291 e. The predicted octanol–water partition coefficient (Wildman–Crippen LogP) is 10.1. The Hall–Kier alpha value is -3.64. The zero-order valence-electron chi connectivity index (χ0n) is 29.4. The van der Waals surface area contributed by atoms with Gasteiger partial charge in [-0.05, 0) is 25.2 Å². The van der Waals surface area contributed by atoms with Gasteiger partial charge in [0, 0.05) is 30.6 Å². The number of fused-ring (bicyclic) bond motifs is 1. The van der Waals surface area contributed by atoms with E-state index in [9.17, 15) is 10.1 Å². The summed E-state index contributed by atoms with van der Waals surface area (Å²) < 4.78 is 1.26. The lowest BCUT2D eigenvalue weighted by molar-refractivity contribution is 0.0941. The summed E-state index contributed by atoms with van der Waals surface area (Å²) in [6.45, 7) is 14.6. The van der Waals surface area contributed by atoms with Gasteiger partial charge in [0.1, 0.15) is 28.0 Å². The zero-order chi connectivity index (χ0) is 33.8. The number of hydrogen-bond acceptors (Lipinski definition) is 8. The first-order valence-electron chi connectivity index (χ1n) is 17.7. The lowest BCUT2D eigenvalue weighted by Gasteiger charge is -2.22. The van der Waals surface area contributed by atoms with Gasteiger partial charge in [-0.1, -0.05) is 140 Å². The second-order valence-electron chi connectivity index (χ2n) is 13.9. The van der Waals surface area contributed by atoms with Crippen LogP contribution in [0.3, 0.4) is 0 Å². The van der Waals surface area contributed by atoms with E-state index in [1.807, 2.05) is 18.2 Å². The Labute approximate surface area is 286 Å².